The highest BCUT2D eigenvalue weighted by atomic mass is 35.5. The van der Waals surface area contributed by atoms with Gasteiger partial charge >= 0.3 is 0 Å². The number of nitrogens with zero attached hydrogens (tertiary/aromatic N) is 2. The largest absolute Gasteiger partial charge is 0.308 e. The fourth-order valence-corrected chi connectivity index (χ4v) is 4.12. The van der Waals surface area contributed by atoms with Crippen molar-refractivity contribution in [3.8, 4) is 0 Å². The Morgan fingerprint density at radius 1 is 1.47 bits per heavy atom. The van der Waals surface area contributed by atoms with Crippen molar-refractivity contribution in [3.05, 3.63) is 21.3 Å². The molecule has 1 aliphatic heterocycles. The van der Waals surface area contributed by atoms with Crippen LogP contribution in [0.3, 0.4) is 0 Å². The first-order valence-electron chi connectivity index (χ1n) is 6.98. The highest BCUT2D eigenvalue weighted by Crippen LogP contribution is 2.33. The number of hydrogen-bond acceptors (Lipinski definition) is 4. The van der Waals surface area contributed by atoms with Gasteiger partial charge in [-0.05, 0) is 51.6 Å². The third kappa shape index (κ3) is 3.70. The van der Waals surface area contributed by atoms with Crippen LogP contribution in [0, 0.1) is 0 Å². The van der Waals surface area contributed by atoms with E-state index in [1.165, 1.54) is 17.8 Å². The summed E-state index contributed by atoms with van der Waals surface area (Å²) in [6, 6.07) is 2.80. The van der Waals surface area contributed by atoms with Gasteiger partial charge in [-0.1, -0.05) is 18.5 Å². The van der Waals surface area contributed by atoms with Crippen LogP contribution in [-0.2, 0) is 0 Å². The number of thiophene rings is 1. The van der Waals surface area contributed by atoms with Gasteiger partial charge in [-0.2, -0.15) is 0 Å². The molecule has 0 amide bonds. The molecular formula is C14H24ClN3S. The Hall–Kier alpha value is -0.130. The van der Waals surface area contributed by atoms with Gasteiger partial charge in [0, 0.05) is 17.5 Å². The van der Waals surface area contributed by atoms with Gasteiger partial charge in [0.2, 0.25) is 0 Å². The molecule has 0 saturated carbocycles. The first kappa shape index (κ1) is 15.3. The van der Waals surface area contributed by atoms with E-state index in [-0.39, 0.29) is 0 Å². The van der Waals surface area contributed by atoms with Crippen LogP contribution < -0.4 is 5.32 Å². The Labute approximate surface area is 125 Å². The van der Waals surface area contributed by atoms with Crippen LogP contribution in [0.15, 0.2) is 11.4 Å². The highest BCUT2D eigenvalue weighted by molar-refractivity contribution is 7.10. The summed E-state index contributed by atoms with van der Waals surface area (Å²) in [5, 5.41) is 6.62. The molecular weight excluding hydrogens is 278 g/mol. The third-order valence-electron chi connectivity index (χ3n) is 3.85. The van der Waals surface area contributed by atoms with E-state index in [4.69, 9.17) is 11.6 Å². The molecule has 2 atom stereocenters. The maximum absolute atomic E-state index is 6.35. The number of halogens is 1. The smallest absolute Gasteiger partial charge is 0.0600 e. The average molecular weight is 302 g/mol. The Balaban J connectivity index is 2.23. The molecule has 0 radical (unpaired) electrons. The molecule has 2 rings (SSSR count). The van der Waals surface area contributed by atoms with E-state index in [0.29, 0.717) is 12.1 Å². The molecule has 2 unspecified atom stereocenters. The molecule has 0 aliphatic carbocycles. The molecule has 5 heteroatoms. The Morgan fingerprint density at radius 3 is 2.89 bits per heavy atom. The predicted molar refractivity (Wildman–Crippen MR) is 84.3 cm³/mol. The molecule has 1 aromatic rings. The minimum absolute atomic E-state index is 0.322. The standard InChI is InChI=1S/C14H24ClN3S/c1-4-16-13(14-11(15)6-9-19-14)12-10-17(2)7-5-8-18(12)3/h6,9,12-13,16H,4-5,7-8,10H2,1-3H3. The van der Waals surface area contributed by atoms with E-state index in [0.717, 1.165) is 24.7 Å². The summed E-state index contributed by atoms with van der Waals surface area (Å²) in [4.78, 5) is 6.18. The topological polar surface area (TPSA) is 18.5 Å². The van der Waals surface area contributed by atoms with Crippen molar-refractivity contribution >= 4 is 22.9 Å². The van der Waals surface area contributed by atoms with Crippen molar-refractivity contribution in [2.45, 2.75) is 25.4 Å². The zero-order chi connectivity index (χ0) is 13.8. The lowest BCUT2D eigenvalue weighted by atomic mass is 10.0. The lowest BCUT2D eigenvalue weighted by Crippen LogP contribution is -2.46. The van der Waals surface area contributed by atoms with Gasteiger partial charge in [0.25, 0.3) is 0 Å². The van der Waals surface area contributed by atoms with E-state index in [9.17, 15) is 0 Å². The van der Waals surface area contributed by atoms with Crippen LogP contribution in [0.5, 0.6) is 0 Å². The van der Waals surface area contributed by atoms with Gasteiger partial charge in [-0.15, -0.1) is 11.3 Å². The molecule has 1 aliphatic rings. The Bertz CT molecular complexity index is 396. The summed E-state index contributed by atoms with van der Waals surface area (Å²) in [6.07, 6.45) is 1.24. The van der Waals surface area contributed by atoms with Gasteiger partial charge in [0.15, 0.2) is 0 Å². The number of likely N-dealkylation sites (N-methyl/N-ethyl adjacent to an activating group) is 3. The van der Waals surface area contributed by atoms with Crippen molar-refractivity contribution < 1.29 is 0 Å². The summed E-state index contributed by atoms with van der Waals surface area (Å²) < 4.78 is 0. The van der Waals surface area contributed by atoms with Crippen LogP contribution in [0.1, 0.15) is 24.3 Å². The first-order valence-corrected chi connectivity index (χ1v) is 8.24. The van der Waals surface area contributed by atoms with Gasteiger partial charge in [0.05, 0.1) is 11.1 Å². The number of nitrogens with one attached hydrogen (secondary N) is 1. The van der Waals surface area contributed by atoms with Crippen LogP contribution >= 0.6 is 22.9 Å². The minimum atomic E-state index is 0.322. The SMILES string of the molecule is CCNC(c1sccc1Cl)C1CN(C)CCCN1C. The van der Waals surface area contributed by atoms with Gasteiger partial charge in [-0.3, -0.25) is 0 Å². The van der Waals surface area contributed by atoms with E-state index >= 15 is 0 Å². The highest BCUT2D eigenvalue weighted by Gasteiger charge is 2.30. The molecule has 0 bridgehead atoms. The van der Waals surface area contributed by atoms with Gasteiger partial charge in [-0.25, -0.2) is 0 Å². The zero-order valence-electron chi connectivity index (χ0n) is 12.0. The van der Waals surface area contributed by atoms with E-state index in [1.807, 2.05) is 6.07 Å². The molecule has 0 spiro atoms. The van der Waals surface area contributed by atoms with Crippen molar-refractivity contribution in [1.29, 1.82) is 0 Å². The van der Waals surface area contributed by atoms with Gasteiger partial charge < -0.3 is 15.1 Å². The molecule has 1 saturated heterocycles. The fourth-order valence-electron chi connectivity index (χ4n) is 2.82. The van der Waals surface area contributed by atoms with E-state index in [2.05, 4.69) is 41.5 Å². The molecule has 3 nitrogen and oxygen atoms in total. The molecule has 1 aromatic heterocycles. The van der Waals surface area contributed by atoms with Crippen LogP contribution in [-0.4, -0.2) is 56.1 Å². The second-order valence-corrected chi connectivity index (χ2v) is 6.69. The minimum Gasteiger partial charge on any atom is -0.308 e. The Morgan fingerprint density at radius 2 is 2.26 bits per heavy atom. The van der Waals surface area contributed by atoms with Crippen LogP contribution in [0.25, 0.3) is 0 Å². The van der Waals surface area contributed by atoms with E-state index < -0.39 is 0 Å². The lowest BCUT2D eigenvalue weighted by Gasteiger charge is -2.34. The number of hydrogen-bond donors (Lipinski definition) is 1. The summed E-state index contributed by atoms with van der Waals surface area (Å²) in [7, 11) is 4.45. The molecule has 1 N–H and O–H groups in total. The molecule has 2 heterocycles. The van der Waals surface area contributed by atoms with Crippen LogP contribution in [0.2, 0.25) is 5.02 Å². The first-order chi connectivity index (χ1) is 9.13. The summed E-state index contributed by atoms with van der Waals surface area (Å²) >= 11 is 8.11. The maximum Gasteiger partial charge on any atom is 0.0600 e. The van der Waals surface area contributed by atoms with Crippen molar-refractivity contribution in [3.63, 3.8) is 0 Å². The fraction of sp³-hybridized carbons (Fsp3) is 0.714. The summed E-state index contributed by atoms with van der Waals surface area (Å²) in [5.41, 5.74) is 0. The summed E-state index contributed by atoms with van der Waals surface area (Å²) in [6.45, 7) is 6.54. The third-order valence-corrected chi connectivity index (χ3v) is 5.29. The normalized spacial score (nSPS) is 24.3. The van der Waals surface area contributed by atoms with E-state index in [1.54, 1.807) is 11.3 Å². The number of rotatable bonds is 4. The summed E-state index contributed by atoms with van der Waals surface area (Å²) in [5.74, 6) is 0. The molecule has 108 valence electrons. The van der Waals surface area contributed by atoms with Gasteiger partial charge in [0.1, 0.15) is 0 Å². The maximum atomic E-state index is 6.35. The predicted octanol–water partition coefficient (Wildman–Crippen LogP) is 2.69. The molecule has 1 fully saturated rings. The second-order valence-electron chi connectivity index (χ2n) is 5.33. The van der Waals surface area contributed by atoms with Crippen molar-refractivity contribution in [2.24, 2.45) is 0 Å². The molecule has 19 heavy (non-hydrogen) atoms. The second kappa shape index (κ2) is 7.04. The average Bonchev–Trinajstić information content (AvgIpc) is 2.71. The lowest BCUT2D eigenvalue weighted by molar-refractivity contribution is 0.181. The zero-order valence-corrected chi connectivity index (χ0v) is 13.6. The Kier molecular flexibility index (Phi) is 5.66. The monoisotopic (exact) mass is 301 g/mol. The quantitative estimate of drug-likeness (QED) is 0.922. The molecule has 0 aromatic carbocycles. The van der Waals surface area contributed by atoms with Crippen LogP contribution in [0.4, 0.5) is 0 Å². The van der Waals surface area contributed by atoms with Crippen molar-refractivity contribution in [1.82, 2.24) is 15.1 Å². The van der Waals surface area contributed by atoms with Crippen molar-refractivity contribution in [2.75, 3.05) is 40.3 Å².